The number of hydrogen-bond donors (Lipinski definition) is 1. The molecule has 0 bridgehead atoms. The Kier molecular flexibility index (Phi) is 6.46. The number of ether oxygens (including phenoxy) is 2. The van der Waals surface area contributed by atoms with Crippen LogP contribution in [0.1, 0.15) is 52.0 Å². The van der Waals surface area contributed by atoms with Crippen molar-refractivity contribution in [2.24, 2.45) is 11.3 Å². The van der Waals surface area contributed by atoms with Crippen LogP contribution in [0.15, 0.2) is 24.3 Å². The van der Waals surface area contributed by atoms with Gasteiger partial charge in [-0.3, -0.25) is 14.5 Å². The van der Waals surface area contributed by atoms with Gasteiger partial charge in [-0.1, -0.05) is 32.4 Å². The van der Waals surface area contributed by atoms with E-state index >= 15 is 0 Å². The first-order chi connectivity index (χ1) is 16.0. The van der Waals surface area contributed by atoms with Crippen molar-refractivity contribution in [2.45, 2.75) is 58.6 Å². The van der Waals surface area contributed by atoms with E-state index in [4.69, 9.17) is 21.1 Å². The Balaban J connectivity index is 1.37. The molecule has 1 saturated heterocycles. The highest BCUT2D eigenvalue weighted by Gasteiger charge is 2.53. The highest BCUT2D eigenvalue weighted by atomic mass is 35.5. The molecule has 34 heavy (non-hydrogen) atoms. The van der Waals surface area contributed by atoms with Gasteiger partial charge in [0.25, 0.3) is 5.91 Å². The predicted octanol–water partition coefficient (Wildman–Crippen LogP) is 4.47. The lowest BCUT2D eigenvalue weighted by Crippen LogP contribution is -2.50. The lowest BCUT2D eigenvalue weighted by atomic mass is 9.67. The van der Waals surface area contributed by atoms with Crippen LogP contribution in [0.3, 0.4) is 0 Å². The molecule has 2 aromatic rings. The number of methoxy groups -OCH3 is 1. The van der Waals surface area contributed by atoms with Crippen molar-refractivity contribution in [1.29, 1.82) is 0 Å². The van der Waals surface area contributed by atoms with Crippen LogP contribution >= 0.6 is 11.6 Å². The largest absolute Gasteiger partial charge is 0.497 e. The Hall–Kier alpha value is -2.87. The molecule has 3 amide bonds. The van der Waals surface area contributed by atoms with Crippen LogP contribution in [-0.2, 0) is 20.9 Å². The van der Waals surface area contributed by atoms with Crippen LogP contribution in [0.4, 0.5) is 4.79 Å². The van der Waals surface area contributed by atoms with E-state index in [0.717, 1.165) is 23.1 Å². The molecule has 4 rings (SSSR count). The minimum atomic E-state index is -0.911. The third kappa shape index (κ3) is 4.69. The summed E-state index contributed by atoms with van der Waals surface area (Å²) < 4.78 is 10.5. The number of carbonyl (C=O) groups excluding carboxylic acids is 3. The Morgan fingerprint density at radius 1 is 1.24 bits per heavy atom. The summed E-state index contributed by atoms with van der Waals surface area (Å²) in [5, 5.41) is 3.87. The standard InChI is InChI=1S/C25H30ClN3O5/c1-24(2,3)17-7-9-25(10-8-17)22(31)29(23(32)28-25)13-20(30)34-14-16-11-15-5-6-18(33-4)12-19(15)27-21(16)26/h5-6,11-12,17H,7-10,13-14H2,1-4H3,(H,28,32). The fourth-order valence-corrected chi connectivity index (χ4v) is 5.06. The van der Waals surface area contributed by atoms with Crippen molar-refractivity contribution in [1.82, 2.24) is 15.2 Å². The van der Waals surface area contributed by atoms with Crippen LogP contribution in [0.5, 0.6) is 5.75 Å². The highest BCUT2D eigenvalue weighted by molar-refractivity contribution is 6.30. The topological polar surface area (TPSA) is 97.8 Å². The maximum Gasteiger partial charge on any atom is 0.326 e. The van der Waals surface area contributed by atoms with E-state index in [2.05, 4.69) is 31.1 Å². The van der Waals surface area contributed by atoms with E-state index in [1.54, 1.807) is 25.3 Å². The zero-order valence-corrected chi connectivity index (χ0v) is 20.7. The summed E-state index contributed by atoms with van der Waals surface area (Å²) in [5.41, 5.74) is 0.431. The number of nitrogens with zero attached hydrogens (tertiary/aromatic N) is 2. The SMILES string of the molecule is COc1ccc2cc(COC(=O)CN3C(=O)NC4(CCC(C(C)(C)C)CC4)C3=O)c(Cl)nc2c1. The molecule has 2 aliphatic rings. The fraction of sp³-hybridized carbons (Fsp3) is 0.520. The van der Waals surface area contributed by atoms with Crippen molar-refractivity contribution >= 4 is 40.4 Å². The molecule has 182 valence electrons. The van der Waals surface area contributed by atoms with Crippen molar-refractivity contribution < 1.29 is 23.9 Å². The van der Waals surface area contributed by atoms with Gasteiger partial charge in [0.15, 0.2) is 0 Å². The molecule has 2 fully saturated rings. The first kappa shape index (κ1) is 24.3. The Morgan fingerprint density at radius 3 is 2.59 bits per heavy atom. The molecule has 0 unspecified atom stereocenters. The average Bonchev–Trinajstić information content (AvgIpc) is 3.00. The number of pyridine rings is 1. The van der Waals surface area contributed by atoms with Crippen LogP contribution in [0.25, 0.3) is 10.9 Å². The maximum absolute atomic E-state index is 13.1. The molecular weight excluding hydrogens is 458 g/mol. The van der Waals surface area contributed by atoms with Gasteiger partial charge in [0.2, 0.25) is 0 Å². The molecule has 1 N–H and O–H groups in total. The molecule has 8 nitrogen and oxygen atoms in total. The monoisotopic (exact) mass is 487 g/mol. The Morgan fingerprint density at radius 2 is 1.94 bits per heavy atom. The summed E-state index contributed by atoms with van der Waals surface area (Å²) in [6.45, 7) is 6.03. The van der Waals surface area contributed by atoms with E-state index in [0.29, 0.717) is 35.6 Å². The number of rotatable bonds is 5. The number of halogens is 1. The van der Waals surface area contributed by atoms with E-state index in [-0.39, 0.29) is 23.1 Å². The second-order valence-corrected chi connectivity index (χ2v) is 10.6. The second-order valence-electron chi connectivity index (χ2n) is 10.2. The first-order valence-electron chi connectivity index (χ1n) is 11.5. The molecule has 1 aliphatic heterocycles. The van der Waals surface area contributed by atoms with E-state index in [1.807, 2.05) is 6.07 Å². The van der Waals surface area contributed by atoms with Gasteiger partial charge in [0.1, 0.15) is 29.6 Å². The quantitative estimate of drug-likeness (QED) is 0.379. The van der Waals surface area contributed by atoms with Gasteiger partial charge < -0.3 is 14.8 Å². The van der Waals surface area contributed by atoms with Gasteiger partial charge in [-0.15, -0.1) is 0 Å². The summed E-state index contributed by atoms with van der Waals surface area (Å²) in [5.74, 6) is 0.118. The number of hydrogen-bond acceptors (Lipinski definition) is 6. The number of fused-ring (bicyclic) bond motifs is 1. The number of urea groups is 1. The van der Waals surface area contributed by atoms with Gasteiger partial charge in [-0.05, 0) is 55.2 Å². The Bertz CT molecular complexity index is 1140. The maximum atomic E-state index is 13.1. The summed E-state index contributed by atoms with van der Waals surface area (Å²) in [4.78, 5) is 43.4. The number of benzene rings is 1. The lowest BCUT2D eigenvalue weighted by Gasteiger charge is -2.40. The van der Waals surface area contributed by atoms with Crippen molar-refractivity contribution in [3.63, 3.8) is 0 Å². The van der Waals surface area contributed by atoms with Gasteiger partial charge >= 0.3 is 12.0 Å². The number of amides is 3. The number of aromatic nitrogens is 1. The van der Waals surface area contributed by atoms with Crippen LogP contribution in [0, 0.1) is 11.3 Å². The molecule has 1 aliphatic carbocycles. The molecule has 0 radical (unpaired) electrons. The number of esters is 1. The molecule has 1 aromatic heterocycles. The van der Waals surface area contributed by atoms with Crippen molar-refractivity contribution in [2.75, 3.05) is 13.7 Å². The molecule has 1 saturated carbocycles. The smallest absolute Gasteiger partial charge is 0.326 e. The fourth-order valence-electron chi connectivity index (χ4n) is 4.86. The minimum Gasteiger partial charge on any atom is -0.497 e. The number of carbonyl (C=O) groups is 3. The molecule has 9 heteroatoms. The van der Waals surface area contributed by atoms with E-state index < -0.39 is 24.1 Å². The third-order valence-electron chi connectivity index (χ3n) is 7.04. The Labute approximate surface area is 203 Å². The lowest BCUT2D eigenvalue weighted by molar-refractivity contribution is -0.149. The molecule has 2 heterocycles. The number of nitrogens with one attached hydrogen (secondary N) is 1. The first-order valence-corrected chi connectivity index (χ1v) is 11.8. The van der Waals surface area contributed by atoms with Crippen LogP contribution in [-0.4, -0.2) is 47.0 Å². The number of imide groups is 1. The second kappa shape index (κ2) is 9.06. The zero-order chi connectivity index (χ0) is 24.7. The molecular formula is C25H30ClN3O5. The van der Waals surface area contributed by atoms with Gasteiger partial charge in [0, 0.05) is 17.0 Å². The molecule has 1 aromatic carbocycles. The zero-order valence-electron chi connectivity index (χ0n) is 19.9. The summed E-state index contributed by atoms with van der Waals surface area (Å²) >= 11 is 6.27. The average molecular weight is 488 g/mol. The summed E-state index contributed by atoms with van der Waals surface area (Å²) in [6, 6.07) is 6.64. The summed E-state index contributed by atoms with van der Waals surface area (Å²) in [7, 11) is 1.57. The molecule has 1 spiro atoms. The van der Waals surface area contributed by atoms with E-state index in [9.17, 15) is 14.4 Å². The molecule has 0 atom stereocenters. The van der Waals surface area contributed by atoms with Crippen LogP contribution in [0.2, 0.25) is 5.15 Å². The minimum absolute atomic E-state index is 0.116. The van der Waals surface area contributed by atoms with Gasteiger partial charge in [0.05, 0.1) is 12.6 Å². The van der Waals surface area contributed by atoms with Crippen LogP contribution < -0.4 is 10.1 Å². The van der Waals surface area contributed by atoms with Gasteiger partial charge in [-0.2, -0.15) is 0 Å². The van der Waals surface area contributed by atoms with Crippen molar-refractivity contribution in [3.05, 3.63) is 35.0 Å². The van der Waals surface area contributed by atoms with Gasteiger partial charge in [-0.25, -0.2) is 9.78 Å². The van der Waals surface area contributed by atoms with Crippen molar-refractivity contribution in [3.8, 4) is 5.75 Å². The van der Waals surface area contributed by atoms with E-state index in [1.165, 1.54) is 0 Å². The third-order valence-corrected chi connectivity index (χ3v) is 7.36. The predicted molar refractivity (Wildman–Crippen MR) is 127 cm³/mol. The normalized spacial score (nSPS) is 22.9. The summed E-state index contributed by atoms with van der Waals surface area (Å²) in [6.07, 6.45) is 2.86. The highest BCUT2D eigenvalue weighted by Crippen LogP contribution is 2.43.